The average Bonchev–Trinajstić information content (AvgIpc) is 2.64. The van der Waals surface area contributed by atoms with Crippen molar-refractivity contribution in [2.75, 3.05) is 0 Å². The third kappa shape index (κ3) is 2.12. The molecular weight excluding hydrogens is 255 g/mol. The zero-order chi connectivity index (χ0) is 11.7. The molecule has 0 aliphatic rings. The Labute approximate surface area is 99.6 Å². The Bertz CT molecular complexity index is 555. The predicted octanol–water partition coefficient (Wildman–Crippen LogP) is 2.48. The van der Waals surface area contributed by atoms with Crippen molar-refractivity contribution < 1.29 is 4.92 Å². The number of hydrogen-bond donors (Lipinski definition) is 0. The molecular formula is C8H4Cl2N4O2. The van der Waals surface area contributed by atoms with Crippen molar-refractivity contribution in [2.24, 2.45) is 0 Å². The third-order valence-corrected chi connectivity index (χ3v) is 2.15. The summed E-state index contributed by atoms with van der Waals surface area (Å²) in [5.74, 6) is 0.242. The smallest absolute Gasteiger partial charge is 0.258 e. The molecule has 0 saturated heterocycles. The zero-order valence-corrected chi connectivity index (χ0v) is 9.18. The van der Waals surface area contributed by atoms with Gasteiger partial charge in [-0.3, -0.25) is 10.1 Å². The number of halogens is 2. The summed E-state index contributed by atoms with van der Waals surface area (Å²) in [6.45, 7) is 0. The maximum absolute atomic E-state index is 10.6. The fourth-order valence-corrected chi connectivity index (χ4v) is 1.45. The molecule has 16 heavy (non-hydrogen) atoms. The molecule has 0 saturated carbocycles. The van der Waals surface area contributed by atoms with Crippen LogP contribution < -0.4 is 0 Å². The minimum atomic E-state index is -0.553. The van der Waals surface area contributed by atoms with Gasteiger partial charge >= 0.3 is 0 Å². The summed E-state index contributed by atoms with van der Waals surface area (Å²) in [6, 6.07) is 2.42. The van der Waals surface area contributed by atoms with Crippen LogP contribution in [0, 0.1) is 10.1 Å². The van der Waals surface area contributed by atoms with Crippen LogP contribution in [0.4, 0.5) is 5.69 Å². The largest absolute Gasteiger partial charge is 0.276 e. The van der Waals surface area contributed by atoms with Crippen LogP contribution in [0.2, 0.25) is 10.2 Å². The van der Waals surface area contributed by atoms with Crippen LogP contribution >= 0.6 is 23.2 Å². The SMILES string of the molecule is O=[N+]([O-])c1cc(Cl)nc(-n2cc(Cl)cn2)c1. The van der Waals surface area contributed by atoms with E-state index in [1.807, 2.05) is 0 Å². The maximum Gasteiger partial charge on any atom is 0.276 e. The summed E-state index contributed by atoms with van der Waals surface area (Å²) in [6.07, 6.45) is 2.87. The van der Waals surface area contributed by atoms with E-state index in [0.29, 0.717) is 5.02 Å². The van der Waals surface area contributed by atoms with Crippen LogP contribution in [0.5, 0.6) is 0 Å². The van der Waals surface area contributed by atoms with Crippen molar-refractivity contribution in [1.82, 2.24) is 14.8 Å². The Balaban J connectivity index is 2.53. The highest BCUT2D eigenvalue weighted by Crippen LogP contribution is 2.20. The van der Waals surface area contributed by atoms with Gasteiger partial charge < -0.3 is 0 Å². The zero-order valence-electron chi connectivity index (χ0n) is 7.67. The number of nitrogens with zero attached hydrogens (tertiary/aromatic N) is 4. The molecule has 0 radical (unpaired) electrons. The van der Waals surface area contributed by atoms with Gasteiger partial charge in [-0.25, -0.2) is 9.67 Å². The molecule has 0 amide bonds. The monoisotopic (exact) mass is 258 g/mol. The second kappa shape index (κ2) is 4.07. The first-order chi connectivity index (χ1) is 7.56. The lowest BCUT2D eigenvalue weighted by molar-refractivity contribution is -0.384. The summed E-state index contributed by atoms with van der Waals surface area (Å²) >= 11 is 11.3. The average molecular weight is 259 g/mol. The lowest BCUT2D eigenvalue weighted by Crippen LogP contribution is -1.99. The van der Waals surface area contributed by atoms with E-state index in [-0.39, 0.29) is 16.7 Å². The molecule has 0 aliphatic carbocycles. The van der Waals surface area contributed by atoms with Gasteiger partial charge in [0.05, 0.1) is 34.5 Å². The lowest BCUT2D eigenvalue weighted by atomic mass is 10.4. The highest BCUT2D eigenvalue weighted by molar-refractivity contribution is 6.30. The van der Waals surface area contributed by atoms with Crippen molar-refractivity contribution in [2.45, 2.75) is 0 Å². The minimum Gasteiger partial charge on any atom is -0.258 e. The maximum atomic E-state index is 10.6. The molecule has 0 bridgehead atoms. The lowest BCUT2D eigenvalue weighted by Gasteiger charge is -2.00. The van der Waals surface area contributed by atoms with Gasteiger partial charge in [-0.1, -0.05) is 23.2 Å². The van der Waals surface area contributed by atoms with Crippen LogP contribution in [0.1, 0.15) is 0 Å². The van der Waals surface area contributed by atoms with Crippen LogP contribution in [-0.4, -0.2) is 19.7 Å². The molecule has 0 aromatic carbocycles. The van der Waals surface area contributed by atoms with Gasteiger partial charge in [-0.2, -0.15) is 5.10 Å². The van der Waals surface area contributed by atoms with Crippen molar-refractivity contribution in [3.05, 3.63) is 44.8 Å². The molecule has 2 heterocycles. The molecule has 0 atom stereocenters. The van der Waals surface area contributed by atoms with E-state index in [1.54, 1.807) is 0 Å². The van der Waals surface area contributed by atoms with E-state index in [2.05, 4.69) is 10.1 Å². The first-order valence-corrected chi connectivity index (χ1v) is 4.84. The predicted molar refractivity (Wildman–Crippen MR) is 58.0 cm³/mol. The number of rotatable bonds is 2. The Kier molecular flexibility index (Phi) is 2.76. The quantitative estimate of drug-likeness (QED) is 0.471. The number of nitro groups is 1. The molecule has 6 nitrogen and oxygen atoms in total. The van der Waals surface area contributed by atoms with E-state index in [4.69, 9.17) is 23.2 Å². The van der Waals surface area contributed by atoms with Gasteiger partial charge in [0.25, 0.3) is 5.69 Å². The van der Waals surface area contributed by atoms with Gasteiger partial charge in [0, 0.05) is 0 Å². The van der Waals surface area contributed by atoms with Crippen molar-refractivity contribution in [3.8, 4) is 5.82 Å². The van der Waals surface area contributed by atoms with Crippen molar-refractivity contribution in [3.63, 3.8) is 0 Å². The normalized spacial score (nSPS) is 10.4. The molecule has 0 aliphatic heterocycles. The van der Waals surface area contributed by atoms with Crippen molar-refractivity contribution >= 4 is 28.9 Å². The summed E-state index contributed by atoms with van der Waals surface area (Å²) in [4.78, 5) is 14.0. The third-order valence-electron chi connectivity index (χ3n) is 1.76. The highest BCUT2D eigenvalue weighted by Gasteiger charge is 2.11. The van der Waals surface area contributed by atoms with E-state index < -0.39 is 4.92 Å². The summed E-state index contributed by atoms with van der Waals surface area (Å²) in [7, 11) is 0. The van der Waals surface area contributed by atoms with Crippen LogP contribution in [-0.2, 0) is 0 Å². The summed E-state index contributed by atoms with van der Waals surface area (Å²) in [5, 5.41) is 14.9. The van der Waals surface area contributed by atoms with Crippen LogP contribution in [0.3, 0.4) is 0 Å². The van der Waals surface area contributed by atoms with Gasteiger partial charge in [0.15, 0.2) is 5.82 Å². The number of hydrogen-bond acceptors (Lipinski definition) is 4. The molecule has 0 spiro atoms. The Morgan fingerprint density at radius 3 is 2.69 bits per heavy atom. The van der Waals surface area contributed by atoms with Gasteiger partial charge in [0.2, 0.25) is 0 Å². The topological polar surface area (TPSA) is 73.8 Å². The molecule has 0 fully saturated rings. The minimum absolute atomic E-state index is 0.0239. The second-order valence-electron chi connectivity index (χ2n) is 2.87. The first kappa shape index (κ1) is 10.8. The van der Waals surface area contributed by atoms with Gasteiger partial charge in [-0.05, 0) is 0 Å². The molecule has 2 rings (SSSR count). The van der Waals surface area contributed by atoms with Crippen LogP contribution in [0.15, 0.2) is 24.5 Å². The van der Waals surface area contributed by atoms with E-state index in [9.17, 15) is 10.1 Å². The molecule has 2 aromatic rings. The van der Waals surface area contributed by atoms with E-state index in [1.165, 1.54) is 23.1 Å². The van der Waals surface area contributed by atoms with Crippen LogP contribution in [0.25, 0.3) is 5.82 Å². The standard InChI is InChI=1S/C8H4Cl2N4O2/c9-5-3-11-13(4-5)8-2-6(14(15)16)1-7(10)12-8/h1-4H. The highest BCUT2D eigenvalue weighted by atomic mass is 35.5. The molecule has 8 heteroatoms. The number of aromatic nitrogens is 3. The van der Waals surface area contributed by atoms with Gasteiger partial charge in [0.1, 0.15) is 5.15 Å². The molecule has 0 N–H and O–H groups in total. The fourth-order valence-electron chi connectivity index (χ4n) is 1.12. The molecule has 82 valence electrons. The van der Waals surface area contributed by atoms with Gasteiger partial charge in [-0.15, -0.1) is 0 Å². The molecule has 0 unspecified atom stereocenters. The second-order valence-corrected chi connectivity index (χ2v) is 3.69. The first-order valence-electron chi connectivity index (χ1n) is 4.09. The Morgan fingerprint density at radius 2 is 2.12 bits per heavy atom. The summed E-state index contributed by atoms with van der Waals surface area (Å²) < 4.78 is 1.31. The number of pyridine rings is 1. The van der Waals surface area contributed by atoms with E-state index in [0.717, 1.165) is 6.07 Å². The van der Waals surface area contributed by atoms with E-state index >= 15 is 0 Å². The molecule has 2 aromatic heterocycles. The van der Waals surface area contributed by atoms with Crippen molar-refractivity contribution in [1.29, 1.82) is 0 Å². The summed E-state index contributed by atoms with van der Waals surface area (Å²) in [5.41, 5.74) is -0.151. The Morgan fingerprint density at radius 1 is 1.38 bits per heavy atom. The Hall–Kier alpha value is -1.66. The fraction of sp³-hybridized carbons (Fsp3) is 0.